The molecule has 124 valence electrons. The van der Waals surface area contributed by atoms with Gasteiger partial charge in [0.25, 0.3) is 5.91 Å². The number of rotatable bonds is 4. The maximum atomic E-state index is 12.5. The second kappa shape index (κ2) is 7.73. The van der Waals surface area contributed by atoms with Crippen LogP contribution < -0.4 is 4.74 Å². The van der Waals surface area contributed by atoms with Gasteiger partial charge in [0.05, 0.1) is 5.69 Å². The number of hydrogen-bond donors (Lipinski definition) is 0. The summed E-state index contributed by atoms with van der Waals surface area (Å²) in [7, 11) is 0. The van der Waals surface area contributed by atoms with Crippen LogP contribution in [0.4, 0.5) is 5.69 Å². The van der Waals surface area contributed by atoms with Gasteiger partial charge in [-0.05, 0) is 36.4 Å². The van der Waals surface area contributed by atoms with Gasteiger partial charge >= 0.3 is 0 Å². The van der Waals surface area contributed by atoms with Crippen LogP contribution in [0, 0.1) is 0 Å². The summed E-state index contributed by atoms with van der Waals surface area (Å²) in [6.07, 6.45) is 0. The molecule has 0 spiro atoms. The average molecular weight is 361 g/mol. The Kier molecular flexibility index (Phi) is 5.43. The van der Waals surface area contributed by atoms with Crippen molar-refractivity contribution in [2.45, 2.75) is 12.2 Å². The molecule has 1 atom stereocenters. The molecule has 2 aromatic carbocycles. The monoisotopic (exact) mass is 360 g/mol. The number of halogens is 1. The molecule has 0 aliphatic carbocycles. The van der Waals surface area contributed by atoms with Crippen LogP contribution in [0.25, 0.3) is 0 Å². The van der Waals surface area contributed by atoms with Crippen LogP contribution in [0.2, 0.25) is 5.02 Å². The highest BCUT2D eigenvalue weighted by atomic mass is 35.5. The summed E-state index contributed by atoms with van der Waals surface area (Å²) in [5.41, 5.74) is 0.776. The largest absolute Gasteiger partial charge is 0.484 e. The van der Waals surface area contributed by atoms with Gasteiger partial charge in [-0.15, -0.1) is 0 Å². The number of para-hydroxylation sites is 1. The zero-order chi connectivity index (χ0) is 16.9. The topological polar surface area (TPSA) is 41.9 Å². The van der Waals surface area contributed by atoms with Gasteiger partial charge in [0, 0.05) is 16.8 Å². The summed E-state index contributed by atoms with van der Waals surface area (Å²) in [5, 5.41) is 1.67. The molecule has 0 saturated carbocycles. The molecule has 1 fully saturated rings. The zero-order valence-corrected chi connectivity index (χ0v) is 14.8. The lowest BCUT2D eigenvalue weighted by atomic mass is 10.3. The van der Waals surface area contributed by atoms with E-state index in [1.54, 1.807) is 28.8 Å². The minimum absolute atomic E-state index is 0.00304. The van der Waals surface area contributed by atoms with Gasteiger partial charge in [-0.3, -0.25) is 9.69 Å². The van der Waals surface area contributed by atoms with Crippen molar-refractivity contribution in [3.8, 4) is 5.75 Å². The molecule has 0 N–H and O–H groups in total. The first-order valence-corrected chi connectivity index (χ1v) is 8.87. The Morgan fingerprint density at radius 3 is 2.67 bits per heavy atom. The first-order valence-electron chi connectivity index (χ1n) is 7.61. The van der Waals surface area contributed by atoms with E-state index in [2.05, 4.69) is 11.9 Å². The quantitative estimate of drug-likeness (QED) is 0.813. The summed E-state index contributed by atoms with van der Waals surface area (Å²) in [6, 6.07) is 16.6. The smallest absolute Gasteiger partial charge is 0.266 e. The first-order chi connectivity index (χ1) is 11.6. The summed E-state index contributed by atoms with van der Waals surface area (Å²) >= 11 is 7.48. The van der Waals surface area contributed by atoms with Crippen molar-refractivity contribution >= 4 is 40.1 Å². The van der Waals surface area contributed by atoms with Crippen molar-refractivity contribution in [2.75, 3.05) is 13.2 Å². The van der Waals surface area contributed by atoms with Gasteiger partial charge in [-0.25, -0.2) is 4.99 Å². The standard InChI is InChI=1S/C18H17ClN2O2S/c1-13-11-21(17(22)12-23-16-5-3-2-4-6-16)18(24-13)20-15-9-7-14(19)8-10-15/h2-10,13H,11-12H2,1H3/t13-/m1/s1. The van der Waals surface area contributed by atoms with Crippen LogP contribution >= 0.6 is 23.4 Å². The Balaban J connectivity index is 1.70. The van der Waals surface area contributed by atoms with E-state index in [1.807, 2.05) is 42.5 Å². The number of nitrogens with zero attached hydrogens (tertiary/aromatic N) is 2. The van der Waals surface area contributed by atoms with E-state index in [1.165, 1.54) is 0 Å². The number of hydrogen-bond acceptors (Lipinski definition) is 4. The predicted molar refractivity (Wildman–Crippen MR) is 99.3 cm³/mol. The van der Waals surface area contributed by atoms with E-state index < -0.39 is 0 Å². The second-order valence-electron chi connectivity index (χ2n) is 5.41. The number of carbonyl (C=O) groups is 1. The van der Waals surface area contributed by atoms with Crippen molar-refractivity contribution in [1.29, 1.82) is 0 Å². The summed E-state index contributed by atoms with van der Waals surface area (Å²) < 4.78 is 5.56. The fourth-order valence-electron chi connectivity index (χ4n) is 2.28. The van der Waals surface area contributed by atoms with Crippen LogP contribution in [0.3, 0.4) is 0 Å². The Labute approximate surface area is 150 Å². The third-order valence-corrected chi connectivity index (χ3v) is 4.76. The van der Waals surface area contributed by atoms with Gasteiger partial charge in [0.2, 0.25) is 0 Å². The molecule has 4 nitrogen and oxygen atoms in total. The summed E-state index contributed by atoms with van der Waals surface area (Å²) in [5.74, 6) is 0.588. The molecule has 6 heteroatoms. The second-order valence-corrected chi connectivity index (χ2v) is 7.25. The van der Waals surface area contributed by atoms with E-state index in [4.69, 9.17) is 16.3 Å². The van der Waals surface area contributed by atoms with Crippen molar-refractivity contribution in [1.82, 2.24) is 4.90 Å². The van der Waals surface area contributed by atoms with Gasteiger partial charge in [0.1, 0.15) is 5.75 Å². The molecule has 3 rings (SSSR count). The van der Waals surface area contributed by atoms with Crippen molar-refractivity contribution < 1.29 is 9.53 Å². The maximum Gasteiger partial charge on any atom is 0.266 e. The van der Waals surface area contributed by atoms with E-state index in [-0.39, 0.29) is 12.5 Å². The van der Waals surface area contributed by atoms with Crippen molar-refractivity contribution in [3.05, 3.63) is 59.6 Å². The number of carbonyl (C=O) groups excluding carboxylic acids is 1. The molecule has 0 bridgehead atoms. The molecule has 1 amide bonds. The van der Waals surface area contributed by atoms with E-state index in [9.17, 15) is 4.79 Å². The van der Waals surface area contributed by atoms with Crippen LogP contribution in [-0.2, 0) is 4.79 Å². The Morgan fingerprint density at radius 2 is 1.96 bits per heavy atom. The van der Waals surface area contributed by atoms with Gasteiger partial charge in [-0.2, -0.15) is 0 Å². The normalized spacial score (nSPS) is 18.8. The van der Waals surface area contributed by atoms with Crippen LogP contribution in [0.1, 0.15) is 6.92 Å². The first kappa shape index (κ1) is 16.9. The van der Waals surface area contributed by atoms with Gasteiger partial charge in [-0.1, -0.05) is 48.5 Å². The van der Waals surface area contributed by atoms with E-state index in [0.717, 1.165) is 5.69 Å². The zero-order valence-electron chi connectivity index (χ0n) is 13.2. The number of thioether (sulfide) groups is 1. The lowest BCUT2D eigenvalue weighted by molar-refractivity contribution is -0.129. The molecule has 0 unspecified atom stereocenters. The van der Waals surface area contributed by atoms with Gasteiger partial charge in [0.15, 0.2) is 11.8 Å². The van der Waals surface area contributed by atoms with Gasteiger partial charge < -0.3 is 4.74 Å². The van der Waals surface area contributed by atoms with E-state index in [0.29, 0.717) is 27.7 Å². The van der Waals surface area contributed by atoms with Crippen molar-refractivity contribution in [3.63, 3.8) is 0 Å². The Bertz CT molecular complexity index is 734. The van der Waals surface area contributed by atoms with Crippen LogP contribution in [0.15, 0.2) is 59.6 Å². The summed E-state index contributed by atoms with van der Waals surface area (Å²) in [4.78, 5) is 18.8. The highest BCUT2D eigenvalue weighted by Crippen LogP contribution is 2.28. The number of amides is 1. The molecular weight excluding hydrogens is 344 g/mol. The third-order valence-electron chi connectivity index (χ3n) is 3.44. The fraction of sp³-hybridized carbons (Fsp3) is 0.222. The summed E-state index contributed by atoms with van der Waals surface area (Å²) in [6.45, 7) is 2.71. The van der Waals surface area contributed by atoms with Crippen LogP contribution in [0.5, 0.6) is 5.75 Å². The Hall–Kier alpha value is -1.98. The molecule has 1 aliphatic heterocycles. The Morgan fingerprint density at radius 1 is 1.25 bits per heavy atom. The maximum absolute atomic E-state index is 12.5. The highest BCUT2D eigenvalue weighted by Gasteiger charge is 2.30. The minimum Gasteiger partial charge on any atom is -0.484 e. The van der Waals surface area contributed by atoms with E-state index >= 15 is 0 Å². The van der Waals surface area contributed by atoms with Crippen LogP contribution in [-0.4, -0.2) is 34.4 Å². The lowest BCUT2D eigenvalue weighted by Gasteiger charge is -2.16. The molecule has 0 aromatic heterocycles. The highest BCUT2D eigenvalue weighted by molar-refractivity contribution is 8.14. The van der Waals surface area contributed by atoms with Crippen molar-refractivity contribution in [2.24, 2.45) is 4.99 Å². The average Bonchev–Trinajstić information content (AvgIpc) is 2.96. The third kappa shape index (κ3) is 4.30. The lowest BCUT2D eigenvalue weighted by Crippen LogP contribution is -2.36. The molecule has 1 heterocycles. The minimum atomic E-state index is -0.0941. The fourth-order valence-corrected chi connectivity index (χ4v) is 3.45. The molecule has 1 aliphatic rings. The molecular formula is C18H17ClN2O2S. The number of amidine groups is 1. The molecule has 1 saturated heterocycles. The molecule has 2 aromatic rings. The number of aliphatic imine (C=N–C) groups is 1. The molecule has 0 radical (unpaired) electrons. The number of ether oxygens (including phenoxy) is 1. The SMILES string of the molecule is C[C@@H]1CN(C(=O)COc2ccccc2)C(=Nc2ccc(Cl)cc2)S1. The predicted octanol–water partition coefficient (Wildman–Crippen LogP) is 4.37. The number of benzene rings is 2. The molecule has 24 heavy (non-hydrogen) atoms.